The van der Waals surface area contributed by atoms with Crippen LogP contribution in [-0.2, 0) is 25.9 Å². The number of hydrogen-bond acceptors (Lipinski definition) is 3. The first-order valence-corrected chi connectivity index (χ1v) is 3.70. The van der Waals surface area contributed by atoms with E-state index in [1.54, 1.807) is 19.1 Å². The van der Waals surface area contributed by atoms with Gasteiger partial charge >= 0.3 is 0 Å². The molecule has 0 aliphatic carbocycles. The molecule has 0 saturated heterocycles. The Kier molecular flexibility index (Phi) is 146. The van der Waals surface area contributed by atoms with Crippen LogP contribution in [0.1, 0.15) is 28.7 Å². The van der Waals surface area contributed by atoms with Crippen molar-refractivity contribution in [1.82, 2.24) is 0 Å². The molecular weight excluding hydrogens is 376 g/mol. The summed E-state index contributed by atoms with van der Waals surface area (Å²) in [5.74, 6) is 0. The van der Waals surface area contributed by atoms with Gasteiger partial charge in [0.2, 0.25) is 0 Å². The van der Waals surface area contributed by atoms with Crippen molar-refractivity contribution in [2.45, 2.75) is 28.7 Å². The number of aldehydes is 1. The molecule has 0 fully saturated rings. The second kappa shape index (κ2) is 64.5. The summed E-state index contributed by atoms with van der Waals surface area (Å²) in [6.07, 6.45) is 8.33. The zero-order valence-electron chi connectivity index (χ0n) is 8.46. The Morgan fingerprint density at radius 3 is 1.38 bits per heavy atom. The molecular formula is C12H25O3W-. The molecule has 0 unspecified atom stereocenters. The topological polar surface area (TPSA) is 57.5 Å². The quantitative estimate of drug-likeness (QED) is 0.242. The van der Waals surface area contributed by atoms with Crippen molar-refractivity contribution >= 4 is 6.29 Å². The standard InChI is InChI=1S/C5H8O.C3H4O2.C2H5.2CH4.W/c1-2-3-4-5-6;4-2-1-3-5;1-2;;;/h2-6H,1H3;1-4H;1H2,2H3;2*1H4;/q;;-1;;;/b3-2+,5-4-;2-1-;;;;. The van der Waals surface area contributed by atoms with Crippen LogP contribution in [0.15, 0.2) is 36.8 Å². The van der Waals surface area contributed by atoms with Gasteiger partial charge in [0, 0.05) is 27.1 Å². The molecule has 3 nitrogen and oxygen atoms in total. The minimum Gasteiger partial charge on any atom is -0.516 e. The number of aliphatic hydroxyl groups excluding tert-OH is 2. The second-order valence-corrected chi connectivity index (χ2v) is 1.34. The number of allylic oxidation sites excluding steroid dienone is 4. The van der Waals surface area contributed by atoms with Gasteiger partial charge < -0.3 is 17.1 Å². The van der Waals surface area contributed by atoms with Crippen molar-refractivity contribution in [3.63, 3.8) is 0 Å². The van der Waals surface area contributed by atoms with Gasteiger partial charge in [0.25, 0.3) is 0 Å². The van der Waals surface area contributed by atoms with Gasteiger partial charge in [-0.05, 0) is 13.0 Å². The maximum absolute atomic E-state index is 9.16. The van der Waals surface area contributed by atoms with E-state index < -0.39 is 0 Å². The van der Waals surface area contributed by atoms with Crippen molar-refractivity contribution in [2.75, 3.05) is 0 Å². The molecule has 0 aromatic rings. The van der Waals surface area contributed by atoms with Gasteiger partial charge in [0.1, 0.15) is 6.29 Å². The molecule has 98 valence electrons. The van der Waals surface area contributed by atoms with E-state index in [4.69, 9.17) is 15.0 Å². The van der Waals surface area contributed by atoms with E-state index in [1.165, 1.54) is 0 Å². The molecule has 0 bridgehead atoms. The Hall–Kier alpha value is -0.822. The zero-order valence-corrected chi connectivity index (χ0v) is 11.4. The van der Waals surface area contributed by atoms with Crippen LogP contribution in [0.4, 0.5) is 0 Å². The molecule has 0 atom stereocenters. The van der Waals surface area contributed by atoms with Crippen molar-refractivity contribution in [3.05, 3.63) is 43.8 Å². The third-order valence-corrected chi connectivity index (χ3v) is 0.554. The smallest absolute Gasteiger partial charge is 0.145 e. The molecule has 0 spiro atoms. The molecule has 0 aromatic heterocycles. The molecule has 0 radical (unpaired) electrons. The fraction of sp³-hybridized carbons (Fsp3) is 0.333. The molecule has 4 heteroatoms. The Morgan fingerprint density at radius 2 is 1.31 bits per heavy atom. The fourth-order valence-electron chi connectivity index (χ4n) is 0.196. The summed E-state index contributed by atoms with van der Waals surface area (Å²) >= 11 is 0. The summed E-state index contributed by atoms with van der Waals surface area (Å²) in [5.41, 5.74) is 0. The molecule has 0 aliphatic rings. The van der Waals surface area contributed by atoms with Crippen molar-refractivity contribution in [1.29, 1.82) is 0 Å². The summed E-state index contributed by atoms with van der Waals surface area (Å²) in [4.78, 5) is 9.16. The molecule has 0 aromatic carbocycles. The summed E-state index contributed by atoms with van der Waals surface area (Å²) in [5, 5.41) is 15.6. The first kappa shape index (κ1) is 36.2. The van der Waals surface area contributed by atoms with Crippen molar-refractivity contribution in [2.24, 2.45) is 0 Å². The molecule has 0 aliphatic heterocycles. The van der Waals surface area contributed by atoms with E-state index in [2.05, 4.69) is 6.92 Å². The summed E-state index contributed by atoms with van der Waals surface area (Å²) in [6, 6.07) is 0. The number of rotatable bonds is 2. The van der Waals surface area contributed by atoms with Crippen LogP contribution in [0, 0.1) is 6.92 Å². The largest absolute Gasteiger partial charge is 0.516 e. The van der Waals surface area contributed by atoms with Gasteiger partial charge in [0.05, 0.1) is 12.5 Å². The van der Waals surface area contributed by atoms with E-state index >= 15 is 0 Å². The minimum absolute atomic E-state index is 0. The molecule has 0 saturated carbocycles. The number of carbonyl (C=O) groups is 1. The van der Waals surface area contributed by atoms with Crippen LogP contribution in [0.2, 0.25) is 0 Å². The van der Waals surface area contributed by atoms with Crippen LogP contribution in [-0.4, -0.2) is 16.5 Å². The molecule has 0 amide bonds. The average Bonchev–Trinajstić information content (AvgIpc) is 2.20. The van der Waals surface area contributed by atoms with Gasteiger partial charge in [0.15, 0.2) is 0 Å². The normalized spacial score (nSPS) is 7.44. The van der Waals surface area contributed by atoms with Crippen molar-refractivity contribution < 1.29 is 36.1 Å². The van der Waals surface area contributed by atoms with E-state index in [1.807, 2.05) is 13.0 Å². The molecule has 0 rings (SSSR count). The summed E-state index contributed by atoms with van der Waals surface area (Å²) in [6.45, 7) is 6.89. The Balaban J connectivity index is -0.0000000234. The Bertz CT molecular complexity index is 142. The van der Waals surface area contributed by atoms with Crippen LogP contribution < -0.4 is 0 Å². The maximum Gasteiger partial charge on any atom is 0.145 e. The van der Waals surface area contributed by atoms with Gasteiger partial charge in [-0.2, -0.15) is 6.92 Å². The summed E-state index contributed by atoms with van der Waals surface area (Å²) < 4.78 is 0. The third-order valence-electron chi connectivity index (χ3n) is 0.554. The van der Waals surface area contributed by atoms with Gasteiger partial charge in [-0.15, -0.1) is 0 Å². The molecule has 2 N–H and O–H groups in total. The summed E-state index contributed by atoms with van der Waals surface area (Å²) in [7, 11) is 0. The monoisotopic (exact) mass is 401 g/mol. The van der Waals surface area contributed by atoms with Gasteiger partial charge in [-0.1, -0.05) is 27.0 Å². The number of aliphatic hydroxyl groups is 2. The molecule has 0 heterocycles. The van der Waals surface area contributed by atoms with E-state index in [9.17, 15) is 0 Å². The van der Waals surface area contributed by atoms with E-state index in [0.29, 0.717) is 12.5 Å². The van der Waals surface area contributed by atoms with E-state index in [-0.39, 0.29) is 35.9 Å². The van der Waals surface area contributed by atoms with E-state index in [0.717, 1.165) is 12.3 Å². The first-order chi connectivity index (χ1) is 6.33. The Morgan fingerprint density at radius 1 is 0.938 bits per heavy atom. The SMILES string of the molecule is C.C.C/C=C/C=C\O.O=C/C=C\O.[CH2-]C.[W]. The number of carbonyl (C=O) groups excluding carboxylic acids is 1. The second-order valence-electron chi connectivity index (χ2n) is 1.34. The Labute approximate surface area is 115 Å². The predicted molar refractivity (Wildman–Crippen MR) is 68.9 cm³/mol. The van der Waals surface area contributed by atoms with Crippen LogP contribution in [0.25, 0.3) is 0 Å². The minimum atomic E-state index is 0. The third kappa shape index (κ3) is 112. The number of hydrogen-bond donors (Lipinski definition) is 2. The van der Waals surface area contributed by atoms with Crippen LogP contribution in [0.5, 0.6) is 0 Å². The fourth-order valence-corrected chi connectivity index (χ4v) is 0.196. The van der Waals surface area contributed by atoms with Crippen LogP contribution in [0.3, 0.4) is 0 Å². The zero-order chi connectivity index (χ0) is 10.9. The van der Waals surface area contributed by atoms with Gasteiger partial charge in [-0.25, -0.2) is 0 Å². The van der Waals surface area contributed by atoms with Gasteiger partial charge in [-0.3, -0.25) is 4.79 Å². The van der Waals surface area contributed by atoms with Crippen molar-refractivity contribution in [3.8, 4) is 0 Å². The first-order valence-electron chi connectivity index (χ1n) is 3.70. The predicted octanol–water partition coefficient (Wildman–Crippen LogP) is 4.00. The molecule has 16 heavy (non-hydrogen) atoms. The maximum atomic E-state index is 9.16. The average molecular weight is 401 g/mol. The van der Waals surface area contributed by atoms with Crippen LogP contribution >= 0.6 is 0 Å².